The number of hydroxylamine groups is 2. The number of carbonyl (C=O) groups excluding carboxylic acids is 1. The van der Waals surface area contributed by atoms with Gasteiger partial charge >= 0.3 is 0 Å². The first-order valence-electron chi connectivity index (χ1n) is 15.8. The van der Waals surface area contributed by atoms with Crippen molar-refractivity contribution in [2.75, 3.05) is 13.2 Å². The quantitative estimate of drug-likeness (QED) is 0.0761. The minimum atomic E-state index is -0.0807. The standard InChI is InChI=1S/C31H63NO3/c1-4-7-9-11-13-15-17-19-21-23-25-27-29-34-32(31(33)6-3)35-30-28-26-24-22-20-18-16-14-12-10-8-5-2/h4-30H2,1-3H3. The highest BCUT2D eigenvalue weighted by atomic mass is 17.0. The van der Waals surface area contributed by atoms with E-state index in [9.17, 15) is 4.79 Å². The second kappa shape index (κ2) is 29.6. The molecule has 4 nitrogen and oxygen atoms in total. The molecule has 0 rings (SSSR count). The fourth-order valence-electron chi connectivity index (χ4n) is 4.49. The maximum atomic E-state index is 12.1. The first-order valence-corrected chi connectivity index (χ1v) is 15.8. The summed E-state index contributed by atoms with van der Waals surface area (Å²) in [7, 11) is 0. The van der Waals surface area contributed by atoms with Crippen LogP contribution >= 0.6 is 0 Å². The maximum Gasteiger partial charge on any atom is 0.273 e. The summed E-state index contributed by atoms with van der Waals surface area (Å²) in [5, 5.41) is 1.16. The Morgan fingerprint density at radius 3 is 0.943 bits per heavy atom. The molecular formula is C31H63NO3. The van der Waals surface area contributed by atoms with E-state index in [1.165, 1.54) is 141 Å². The van der Waals surface area contributed by atoms with E-state index in [0.717, 1.165) is 18.1 Å². The van der Waals surface area contributed by atoms with Crippen LogP contribution in [0.15, 0.2) is 0 Å². The number of carbonyl (C=O) groups is 1. The number of hydrogen-bond acceptors (Lipinski definition) is 3. The molecule has 0 fully saturated rings. The van der Waals surface area contributed by atoms with E-state index in [4.69, 9.17) is 9.68 Å². The Balaban J connectivity index is 3.53. The van der Waals surface area contributed by atoms with Gasteiger partial charge in [-0.3, -0.25) is 4.79 Å². The monoisotopic (exact) mass is 497 g/mol. The molecule has 0 saturated heterocycles. The van der Waals surface area contributed by atoms with Gasteiger partial charge in [-0.25, -0.2) is 9.68 Å². The van der Waals surface area contributed by atoms with E-state index >= 15 is 0 Å². The number of unbranched alkanes of at least 4 members (excludes halogenated alkanes) is 22. The SMILES string of the molecule is CCCCCCCCCCCCCCON(OCCCCCCCCCCCCCC)C(=O)CC. The van der Waals surface area contributed by atoms with Gasteiger partial charge in [0.25, 0.3) is 5.91 Å². The van der Waals surface area contributed by atoms with Crippen molar-refractivity contribution in [1.82, 2.24) is 5.23 Å². The van der Waals surface area contributed by atoms with Crippen molar-refractivity contribution in [3.8, 4) is 0 Å². The van der Waals surface area contributed by atoms with Crippen LogP contribution < -0.4 is 0 Å². The van der Waals surface area contributed by atoms with E-state index < -0.39 is 0 Å². The lowest BCUT2D eigenvalue weighted by Crippen LogP contribution is -2.31. The molecule has 0 unspecified atom stereocenters. The van der Waals surface area contributed by atoms with Crippen LogP contribution in [-0.2, 0) is 14.5 Å². The van der Waals surface area contributed by atoms with Crippen LogP contribution in [-0.4, -0.2) is 24.3 Å². The van der Waals surface area contributed by atoms with Crippen molar-refractivity contribution in [3.05, 3.63) is 0 Å². The number of hydrogen-bond donors (Lipinski definition) is 0. The Morgan fingerprint density at radius 1 is 0.429 bits per heavy atom. The fraction of sp³-hybridized carbons (Fsp3) is 0.968. The molecule has 0 bridgehead atoms. The normalized spacial score (nSPS) is 11.3. The van der Waals surface area contributed by atoms with Gasteiger partial charge in [-0.15, -0.1) is 0 Å². The van der Waals surface area contributed by atoms with Crippen molar-refractivity contribution < 1.29 is 14.5 Å². The number of nitrogens with zero attached hydrogens (tertiary/aromatic N) is 1. The first kappa shape index (κ1) is 34.4. The van der Waals surface area contributed by atoms with Crippen LogP contribution in [0.2, 0.25) is 0 Å². The van der Waals surface area contributed by atoms with E-state index in [2.05, 4.69) is 13.8 Å². The summed E-state index contributed by atoms with van der Waals surface area (Å²) >= 11 is 0. The molecule has 4 heteroatoms. The van der Waals surface area contributed by atoms with Crippen LogP contribution in [0.4, 0.5) is 0 Å². The lowest BCUT2D eigenvalue weighted by atomic mass is 10.1. The average molecular weight is 498 g/mol. The average Bonchev–Trinajstić information content (AvgIpc) is 2.87. The van der Waals surface area contributed by atoms with Crippen LogP contribution in [0.5, 0.6) is 0 Å². The third-order valence-corrected chi connectivity index (χ3v) is 6.92. The molecule has 0 radical (unpaired) electrons. The molecule has 0 aliphatic rings. The number of rotatable bonds is 29. The van der Waals surface area contributed by atoms with Gasteiger partial charge in [-0.2, -0.15) is 0 Å². The molecule has 0 saturated carbocycles. The Kier molecular flexibility index (Phi) is 29.1. The Labute approximate surface area is 220 Å². The molecule has 1 amide bonds. The molecule has 0 spiro atoms. The molecule has 35 heavy (non-hydrogen) atoms. The lowest BCUT2D eigenvalue weighted by molar-refractivity contribution is -0.342. The summed E-state index contributed by atoms with van der Waals surface area (Å²) in [6, 6.07) is 0. The molecule has 0 aromatic rings. The summed E-state index contributed by atoms with van der Waals surface area (Å²) in [5.41, 5.74) is 0. The summed E-state index contributed by atoms with van der Waals surface area (Å²) in [5.74, 6) is -0.0807. The van der Waals surface area contributed by atoms with E-state index in [0.29, 0.717) is 19.6 Å². The summed E-state index contributed by atoms with van der Waals surface area (Å²) in [6.45, 7) is 7.55. The van der Waals surface area contributed by atoms with Crippen molar-refractivity contribution in [1.29, 1.82) is 0 Å². The van der Waals surface area contributed by atoms with Gasteiger partial charge in [0, 0.05) is 6.42 Å². The molecule has 210 valence electrons. The van der Waals surface area contributed by atoms with Crippen molar-refractivity contribution in [2.24, 2.45) is 0 Å². The topological polar surface area (TPSA) is 38.8 Å². The number of amides is 1. The molecular weight excluding hydrogens is 434 g/mol. The molecule has 0 heterocycles. The van der Waals surface area contributed by atoms with Gasteiger partial charge in [0.1, 0.15) is 0 Å². The second-order valence-electron chi connectivity index (χ2n) is 10.4. The highest BCUT2D eigenvalue weighted by Gasteiger charge is 2.13. The molecule has 0 atom stereocenters. The second-order valence-corrected chi connectivity index (χ2v) is 10.4. The van der Waals surface area contributed by atoms with Crippen molar-refractivity contribution in [2.45, 2.75) is 181 Å². The van der Waals surface area contributed by atoms with Gasteiger partial charge in [-0.05, 0) is 12.8 Å². The van der Waals surface area contributed by atoms with Crippen molar-refractivity contribution in [3.63, 3.8) is 0 Å². The summed E-state index contributed by atoms with van der Waals surface area (Å²) < 4.78 is 0. The van der Waals surface area contributed by atoms with E-state index in [-0.39, 0.29) is 5.91 Å². The van der Waals surface area contributed by atoms with E-state index in [1.807, 2.05) is 6.92 Å². The molecule has 0 aromatic heterocycles. The fourth-order valence-corrected chi connectivity index (χ4v) is 4.49. The third-order valence-electron chi connectivity index (χ3n) is 6.92. The predicted octanol–water partition coefficient (Wildman–Crippen LogP) is 10.5. The van der Waals surface area contributed by atoms with Gasteiger partial charge in [0.2, 0.25) is 0 Å². The van der Waals surface area contributed by atoms with Gasteiger partial charge in [0.15, 0.2) is 0 Å². The minimum Gasteiger partial charge on any atom is -0.270 e. The van der Waals surface area contributed by atoms with Crippen LogP contribution in [0.1, 0.15) is 181 Å². The van der Waals surface area contributed by atoms with Gasteiger partial charge in [-0.1, -0.05) is 167 Å². The molecule has 0 aliphatic carbocycles. The Bertz CT molecular complexity index is 386. The zero-order valence-corrected chi connectivity index (χ0v) is 24.3. The lowest BCUT2D eigenvalue weighted by Gasteiger charge is -2.20. The van der Waals surface area contributed by atoms with Gasteiger partial charge in [0.05, 0.1) is 13.2 Å². The predicted molar refractivity (Wildman–Crippen MR) is 151 cm³/mol. The van der Waals surface area contributed by atoms with E-state index in [1.54, 1.807) is 0 Å². The highest BCUT2D eigenvalue weighted by molar-refractivity contribution is 5.73. The first-order chi connectivity index (χ1) is 17.3. The van der Waals surface area contributed by atoms with Crippen LogP contribution in [0, 0.1) is 0 Å². The molecule has 0 N–H and O–H groups in total. The Hall–Kier alpha value is -0.610. The molecule has 0 aliphatic heterocycles. The largest absolute Gasteiger partial charge is 0.273 e. The highest BCUT2D eigenvalue weighted by Crippen LogP contribution is 2.14. The van der Waals surface area contributed by atoms with Crippen LogP contribution in [0.25, 0.3) is 0 Å². The summed E-state index contributed by atoms with van der Waals surface area (Å²) in [4.78, 5) is 23.4. The summed E-state index contributed by atoms with van der Waals surface area (Å²) in [6.07, 6.45) is 32.1. The molecule has 0 aromatic carbocycles. The van der Waals surface area contributed by atoms with Crippen LogP contribution in [0.3, 0.4) is 0 Å². The third kappa shape index (κ3) is 26.3. The maximum absolute atomic E-state index is 12.1. The van der Waals surface area contributed by atoms with Gasteiger partial charge < -0.3 is 0 Å². The smallest absolute Gasteiger partial charge is 0.270 e. The zero-order chi connectivity index (χ0) is 25.7. The Morgan fingerprint density at radius 2 is 0.686 bits per heavy atom. The zero-order valence-electron chi connectivity index (χ0n) is 24.3. The minimum absolute atomic E-state index is 0.0807. The van der Waals surface area contributed by atoms with Crippen molar-refractivity contribution >= 4 is 5.91 Å².